The fourth-order valence-electron chi connectivity index (χ4n) is 1.60. The first kappa shape index (κ1) is 14.1. The monoisotopic (exact) mass is 291 g/mol. The maximum atomic E-state index is 11.8. The summed E-state index contributed by atoms with van der Waals surface area (Å²) >= 11 is 5.74. The van der Waals surface area contributed by atoms with Gasteiger partial charge in [0.1, 0.15) is 0 Å². The molecule has 0 saturated carbocycles. The SMILES string of the molecule is O=C(CNC(=O)c1ccc(Cl)cc1)NCc1cc[nH]c1. The van der Waals surface area contributed by atoms with Crippen molar-refractivity contribution < 1.29 is 9.59 Å². The summed E-state index contributed by atoms with van der Waals surface area (Å²) in [6, 6.07) is 8.34. The summed E-state index contributed by atoms with van der Waals surface area (Å²) < 4.78 is 0. The number of carbonyl (C=O) groups is 2. The molecular formula is C14H14ClN3O2. The first-order chi connectivity index (χ1) is 9.65. The van der Waals surface area contributed by atoms with Crippen LogP contribution in [0.4, 0.5) is 0 Å². The first-order valence-electron chi connectivity index (χ1n) is 6.07. The third-order valence-electron chi connectivity index (χ3n) is 2.67. The minimum Gasteiger partial charge on any atom is -0.367 e. The number of amides is 2. The highest BCUT2D eigenvalue weighted by Crippen LogP contribution is 2.09. The van der Waals surface area contributed by atoms with Crippen molar-refractivity contribution in [3.05, 3.63) is 58.9 Å². The molecule has 1 aromatic carbocycles. The minimum atomic E-state index is -0.307. The fraction of sp³-hybridized carbons (Fsp3) is 0.143. The maximum absolute atomic E-state index is 11.8. The highest BCUT2D eigenvalue weighted by molar-refractivity contribution is 6.30. The number of aromatic amines is 1. The van der Waals surface area contributed by atoms with E-state index in [1.165, 1.54) is 0 Å². The Bertz CT molecular complexity index is 579. The molecule has 0 aliphatic rings. The molecule has 0 fully saturated rings. The molecular weight excluding hydrogens is 278 g/mol. The molecule has 2 amide bonds. The molecule has 0 spiro atoms. The van der Waals surface area contributed by atoms with Crippen LogP contribution in [0.15, 0.2) is 42.7 Å². The van der Waals surface area contributed by atoms with Crippen LogP contribution >= 0.6 is 11.6 Å². The zero-order chi connectivity index (χ0) is 14.4. The van der Waals surface area contributed by atoms with Gasteiger partial charge in [0.15, 0.2) is 0 Å². The van der Waals surface area contributed by atoms with Crippen molar-refractivity contribution in [1.29, 1.82) is 0 Å². The molecule has 0 bridgehead atoms. The molecule has 0 unspecified atom stereocenters. The molecule has 0 atom stereocenters. The molecule has 1 heterocycles. The Hall–Kier alpha value is -2.27. The number of benzene rings is 1. The van der Waals surface area contributed by atoms with Gasteiger partial charge in [-0.05, 0) is 35.9 Å². The maximum Gasteiger partial charge on any atom is 0.251 e. The second kappa shape index (κ2) is 6.77. The second-order valence-corrected chi connectivity index (χ2v) is 4.62. The van der Waals surface area contributed by atoms with Crippen LogP contribution in [0, 0.1) is 0 Å². The van der Waals surface area contributed by atoms with Crippen molar-refractivity contribution in [2.75, 3.05) is 6.54 Å². The van der Waals surface area contributed by atoms with E-state index in [-0.39, 0.29) is 18.4 Å². The Morgan fingerprint density at radius 2 is 1.85 bits per heavy atom. The number of carbonyl (C=O) groups excluding carboxylic acids is 2. The van der Waals surface area contributed by atoms with Gasteiger partial charge in [-0.15, -0.1) is 0 Å². The molecule has 2 aromatic rings. The lowest BCUT2D eigenvalue weighted by Gasteiger charge is -2.06. The van der Waals surface area contributed by atoms with Crippen molar-refractivity contribution in [2.24, 2.45) is 0 Å². The van der Waals surface area contributed by atoms with Gasteiger partial charge >= 0.3 is 0 Å². The van der Waals surface area contributed by atoms with Crippen molar-refractivity contribution in [3.8, 4) is 0 Å². The largest absolute Gasteiger partial charge is 0.367 e. The molecule has 3 N–H and O–H groups in total. The number of aromatic nitrogens is 1. The second-order valence-electron chi connectivity index (χ2n) is 4.19. The zero-order valence-electron chi connectivity index (χ0n) is 10.7. The van der Waals surface area contributed by atoms with Crippen LogP contribution in [-0.2, 0) is 11.3 Å². The third-order valence-corrected chi connectivity index (χ3v) is 2.92. The number of rotatable bonds is 5. The molecule has 0 radical (unpaired) electrons. The number of hydrogen-bond donors (Lipinski definition) is 3. The fourth-order valence-corrected chi connectivity index (χ4v) is 1.72. The van der Waals surface area contributed by atoms with E-state index < -0.39 is 0 Å². The molecule has 1 aromatic heterocycles. The van der Waals surface area contributed by atoms with E-state index in [0.717, 1.165) is 5.56 Å². The van der Waals surface area contributed by atoms with E-state index in [0.29, 0.717) is 17.1 Å². The van der Waals surface area contributed by atoms with Crippen LogP contribution in [-0.4, -0.2) is 23.3 Å². The van der Waals surface area contributed by atoms with Crippen LogP contribution in [0.5, 0.6) is 0 Å². The first-order valence-corrected chi connectivity index (χ1v) is 6.45. The summed E-state index contributed by atoms with van der Waals surface area (Å²) in [5.41, 5.74) is 1.44. The molecule has 104 valence electrons. The topological polar surface area (TPSA) is 74.0 Å². The average Bonchev–Trinajstić information content (AvgIpc) is 2.96. The Balaban J connectivity index is 1.75. The summed E-state index contributed by atoms with van der Waals surface area (Å²) in [5.74, 6) is -0.549. The van der Waals surface area contributed by atoms with E-state index in [1.54, 1.807) is 36.7 Å². The molecule has 0 saturated heterocycles. The summed E-state index contributed by atoms with van der Waals surface area (Å²) in [7, 11) is 0. The van der Waals surface area contributed by atoms with Crippen molar-refractivity contribution in [2.45, 2.75) is 6.54 Å². The lowest BCUT2D eigenvalue weighted by atomic mass is 10.2. The zero-order valence-corrected chi connectivity index (χ0v) is 11.4. The number of hydrogen-bond acceptors (Lipinski definition) is 2. The molecule has 0 aliphatic heterocycles. The standard InChI is InChI=1S/C14H14ClN3O2/c15-12-3-1-11(2-4-12)14(20)18-9-13(19)17-8-10-5-6-16-7-10/h1-7,16H,8-9H2,(H,17,19)(H,18,20). The van der Waals surface area contributed by atoms with Gasteiger partial charge in [0.05, 0.1) is 6.54 Å². The predicted octanol–water partition coefficient (Wildman–Crippen LogP) is 1.71. The summed E-state index contributed by atoms with van der Waals surface area (Å²) in [4.78, 5) is 26.2. The van der Waals surface area contributed by atoms with Gasteiger partial charge < -0.3 is 15.6 Å². The third kappa shape index (κ3) is 4.13. The summed E-state index contributed by atoms with van der Waals surface area (Å²) in [6.07, 6.45) is 3.58. The Kier molecular flexibility index (Phi) is 4.79. The number of H-pyrrole nitrogens is 1. The van der Waals surface area contributed by atoms with E-state index in [2.05, 4.69) is 15.6 Å². The van der Waals surface area contributed by atoms with Gasteiger partial charge in [-0.2, -0.15) is 0 Å². The average molecular weight is 292 g/mol. The van der Waals surface area contributed by atoms with Gasteiger partial charge in [0.2, 0.25) is 5.91 Å². The highest BCUT2D eigenvalue weighted by atomic mass is 35.5. The summed E-state index contributed by atoms with van der Waals surface area (Å²) in [5, 5.41) is 5.81. The van der Waals surface area contributed by atoms with E-state index in [1.807, 2.05) is 6.07 Å². The normalized spacial score (nSPS) is 10.1. The van der Waals surface area contributed by atoms with Crippen molar-refractivity contribution in [3.63, 3.8) is 0 Å². The molecule has 2 rings (SSSR count). The van der Waals surface area contributed by atoms with Crippen LogP contribution < -0.4 is 10.6 Å². The lowest BCUT2D eigenvalue weighted by Crippen LogP contribution is -2.36. The molecule has 5 nitrogen and oxygen atoms in total. The van der Waals surface area contributed by atoms with E-state index in [9.17, 15) is 9.59 Å². The van der Waals surface area contributed by atoms with Gasteiger partial charge in [0.25, 0.3) is 5.91 Å². The van der Waals surface area contributed by atoms with Crippen LogP contribution in [0.25, 0.3) is 0 Å². The van der Waals surface area contributed by atoms with E-state index in [4.69, 9.17) is 11.6 Å². The van der Waals surface area contributed by atoms with Crippen LogP contribution in [0.3, 0.4) is 0 Å². The minimum absolute atomic E-state index is 0.0636. The van der Waals surface area contributed by atoms with E-state index >= 15 is 0 Å². The molecule has 20 heavy (non-hydrogen) atoms. The van der Waals surface area contributed by atoms with Gasteiger partial charge in [-0.3, -0.25) is 9.59 Å². The molecule has 6 heteroatoms. The Labute approximate surface area is 121 Å². The number of nitrogens with one attached hydrogen (secondary N) is 3. The highest BCUT2D eigenvalue weighted by Gasteiger charge is 2.07. The van der Waals surface area contributed by atoms with Crippen molar-refractivity contribution in [1.82, 2.24) is 15.6 Å². The smallest absolute Gasteiger partial charge is 0.251 e. The van der Waals surface area contributed by atoms with Gasteiger partial charge in [-0.25, -0.2) is 0 Å². The van der Waals surface area contributed by atoms with Gasteiger partial charge in [0, 0.05) is 29.5 Å². The Morgan fingerprint density at radius 1 is 1.10 bits per heavy atom. The lowest BCUT2D eigenvalue weighted by molar-refractivity contribution is -0.120. The van der Waals surface area contributed by atoms with Gasteiger partial charge in [-0.1, -0.05) is 11.6 Å². The summed E-state index contributed by atoms with van der Waals surface area (Å²) in [6.45, 7) is 0.366. The van der Waals surface area contributed by atoms with Crippen LogP contribution in [0.1, 0.15) is 15.9 Å². The van der Waals surface area contributed by atoms with Crippen molar-refractivity contribution >= 4 is 23.4 Å². The quantitative estimate of drug-likeness (QED) is 0.784. The Morgan fingerprint density at radius 3 is 2.50 bits per heavy atom. The van der Waals surface area contributed by atoms with Crippen LogP contribution in [0.2, 0.25) is 5.02 Å². The molecule has 0 aliphatic carbocycles. The number of halogens is 1. The predicted molar refractivity (Wildman–Crippen MR) is 76.4 cm³/mol.